The monoisotopic (exact) mass is 257 g/mol. The minimum atomic E-state index is -0.565. The van der Waals surface area contributed by atoms with Gasteiger partial charge in [0.2, 0.25) is 0 Å². The molecule has 0 aromatic rings. The third-order valence-corrected chi connectivity index (χ3v) is 2.82. The van der Waals surface area contributed by atoms with Gasteiger partial charge < -0.3 is 9.47 Å². The summed E-state index contributed by atoms with van der Waals surface area (Å²) >= 11 is 0. The van der Waals surface area contributed by atoms with E-state index in [1.165, 1.54) is 12.0 Å². The van der Waals surface area contributed by atoms with E-state index >= 15 is 0 Å². The van der Waals surface area contributed by atoms with Crippen molar-refractivity contribution in [3.8, 4) is 0 Å². The van der Waals surface area contributed by atoms with Gasteiger partial charge in [-0.25, -0.2) is 9.59 Å². The number of likely N-dealkylation sites (tertiary alicyclic amines) is 1. The fourth-order valence-electron chi connectivity index (χ4n) is 2.13. The number of hydrogen-bond acceptors (Lipinski definition) is 4. The molecule has 0 spiro atoms. The van der Waals surface area contributed by atoms with Crippen molar-refractivity contribution in [1.82, 2.24) is 4.90 Å². The van der Waals surface area contributed by atoms with Gasteiger partial charge in [0.15, 0.2) is 0 Å². The molecule has 0 aromatic carbocycles. The standard InChI is InChI=1S/C13H23NO4/c1-12(2,3)18-11(16)14-8-13(4,5)7-9(14)10(15)17-6/h9H,7-8H2,1-6H3/t9-/m1/s1. The molecule has 1 aliphatic rings. The molecule has 5 heteroatoms. The molecule has 0 unspecified atom stereocenters. The van der Waals surface area contributed by atoms with Gasteiger partial charge in [-0.1, -0.05) is 13.8 Å². The summed E-state index contributed by atoms with van der Waals surface area (Å²) in [5, 5.41) is 0. The van der Waals surface area contributed by atoms with E-state index in [4.69, 9.17) is 9.47 Å². The maximum atomic E-state index is 12.1. The zero-order valence-corrected chi connectivity index (χ0v) is 12.1. The number of nitrogens with zero attached hydrogens (tertiary/aromatic N) is 1. The van der Waals surface area contributed by atoms with Crippen molar-refractivity contribution in [3.63, 3.8) is 0 Å². The summed E-state index contributed by atoms with van der Waals surface area (Å²) in [5.41, 5.74) is -0.666. The first-order chi connectivity index (χ1) is 8.06. The summed E-state index contributed by atoms with van der Waals surface area (Å²) < 4.78 is 10.1. The van der Waals surface area contributed by atoms with Crippen molar-refractivity contribution in [2.24, 2.45) is 5.41 Å². The van der Waals surface area contributed by atoms with Crippen LogP contribution in [0.4, 0.5) is 4.79 Å². The van der Waals surface area contributed by atoms with Crippen LogP contribution in [0.2, 0.25) is 0 Å². The van der Waals surface area contributed by atoms with E-state index in [-0.39, 0.29) is 11.4 Å². The van der Waals surface area contributed by atoms with Gasteiger partial charge >= 0.3 is 12.1 Å². The molecular formula is C13H23NO4. The van der Waals surface area contributed by atoms with Gasteiger partial charge in [-0.2, -0.15) is 0 Å². The second kappa shape index (κ2) is 4.78. The Morgan fingerprint density at radius 1 is 1.28 bits per heavy atom. The van der Waals surface area contributed by atoms with Crippen LogP contribution in [0.15, 0.2) is 0 Å². The van der Waals surface area contributed by atoms with Crippen LogP contribution >= 0.6 is 0 Å². The predicted octanol–water partition coefficient (Wildman–Crippen LogP) is 2.20. The van der Waals surface area contributed by atoms with Crippen molar-refractivity contribution in [1.29, 1.82) is 0 Å². The van der Waals surface area contributed by atoms with Gasteiger partial charge in [0.05, 0.1) is 7.11 Å². The van der Waals surface area contributed by atoms with Crippen LogP contribution in [0.5, 0.6) is 0 Å². The number of carbonyl (C=O) groups excluding carboxylic acids is 2. The van der Waals surface area contributed by atoms with Crippen molar-refractivity contribution in [2.75, 3.05) is 13.7 Å². The molecule has 0 saturated carbocycles. The topological polar surface area (TPSA) is 55.8 Å². The maximum absolute atomic E-state index is 12.1. The van der Waals surface area contributed by atoms with Crippen LogP contribution in [-0.2, 0) is 14.3 Å². The fraction of sp³-hybridized carbons (Fsp3) is 0.846. The highest BCUT2D eigenvalue weighted by Gasteiger charge is 2.45. The summed E-state index contributed by atoms with van der Waals surface area (Å²) in [6, 6.07) is -0.542. The Labute approximate surface area is 108 Å². The number of amides is 1. The molecule has 1 fully saturated rings. The molecule has 0 bridgehead atoms. The molecular weight excluding hydrogens is 234 g/mol. The number of ether oxygens (including phenoxy) is 2. The van der Waals surface area contributed by atoms with Crippen molar-refractivity contribution >= 4 is 12.1 Å². The SMILES string of the molecule is COC(=O)[C@H]1CC(C)(C)CN1C(=O)OC(C)(C)C. The summed E-state index contributed by atoms with van der Waals surface area (Å²) in [5.74, 6) is -0.383. The highest BCUT2D eigenvalue weighted by atomic mass is 16.6. The van der Waals surface area contributed by atoms with E-state index < -0.39 is 17.7 Å². The summed E-state index contributed by atoms with van der Waals surface area (Å²) in [6.07, 6.45) is 0.141. The van der Waals surface area contributed by atoms with Crippen LogP contribution in [0.25, 0.3) is 0 Å². The normalized spacial score (nSPS) is 22.8. The third-order valence-electron chi connectivity index (χ3n) is 2.82. The molecule has 1 rings (SSSR count). The number of methoxy groups -OCH3 is 1. The van der Waals surface area contributed by atoms with Crippen molar-refractivity contribution in [3.05, 3.63) is 0 Å². The van der Waals surface area contributed by atoms with Crippen LogP contribution in [0.1, 0.15) is 41.0 Å². The van der Waals surface area contributed by atoms with Gasteiger partial charge in [-0.3, -0.25) is 4.90 Å². The zero-order valence-electron chi connectivity index (χ0n) is 12.1. The van der Waals surface area contributed by atoms with Crippen LogP contribution < -0.4 is 0 Å². The molecule has 5 nitrogen and oxygen atoms in total. The van der Waals surface area contributed by atoms with Gasteiger partial charge in [-0.15, -0.1) is 0 Å². The highest BCUT2D eigenvalue weighted by molar-refractivity contribution is 5.82. The summed E-state index contributed by atoms with van der Waals surface area (Å²) in [7, 11) is 1.33. The van der Waals surface area contributed by atoms with Crippen LogP contribution in [-0.4, -0.2) is 42.3 Å². The Balaban J connectivity index is 2.84. The Morgan fingerprint density at radius 2 is 1.83 bits per heavy atom. The molecule has 0 N–H and O–H groups in total. The minimum absolute atomic E-state index is 0.101. The van der Waals surface area contributed by atoms with E-state index in [2.05, 4.69) is 0 Å². The highest BCUT2D eigenvalue weighted by Crippen LogP contribution is 2.35. The number of rotatable bonds is 1. The lowest BCUT2D eigenvalue weighted by Crippen LogP contribution is -2.44. The molecule has 1 amide bonds. The second-order valence-corrected chi connectivity index (χ2v) is 6.52. The van der Waals surface area contributed by atoms with E-state index in [1.807, 2.05) is 13.8 Å². The summed E-state index contributed by atoms with van der Waals surface area (Å²) in [6.45, 7) is 9.96. The van der Waals surface area contributed by atoms with E-state index in [0.717, 1.165) is 0 Å². The molecule has 0 radical (unpaired) electrons. The molecule has 18 heavy (non-hydrogen) atoms. The van der Waals surface area contributed by atoms with Crippen molar-refractivity contribution < 1.29 is 19.1 Å². The average molecular weight is 257 g/mol. The van der Waals surface area contributed by atoms with Gasteiger partial charge in [-0.05, 0) is 32.6 Å². The third kappa shape index (κ3) is 3.62. The predicted molar refractivity (Wildman–Crippen MR) is 67.1 cm³/mol. The molecule has 1 aliphatic heterocycles. The Kier molecular flexibility index (Phi) is 3.93. The quantitative estimate of drug-likeness (QED) is 0.676. The lowest BCUT2D eigenvalue weighted by molar-refractivity contribution is -0.145. The van der Waals surface area contributed by atoms with E-state index in [0.29, 0.717) is 13.0 Å². The van der Waals surface area contributed by atoms with Crippen LogP contribution in [0.3, 0.4) is 0 Å². The largest absolute Gasteiger partial charge is 0.467 e. The molecule has 0 aliphatic carbocycles. The Hall–Kier alpha value is -1.26. The average Bonchev–Trinajstić information content (AvgIpc) is 2.51. The molecule has 1 atom stereocenters. The fourth-order valence-corrected chi connectivity index (χ4v) is 2.13. The Bertz CT molecular complexity index is 343. The second-order valence-electron chi connectivity index (χ2n) is 6.52. The first kappa shape index (κ1) is 14.8. The first-order valence-corrected chi connectivity index (χ1v) is 6.13. The molecule has 0 aromatic heterocycles. The number of carbonyl (C=O) groups is 2. The molecule has 1 saturated heterocycles. The van der Waals surface area contributed by atoms with E-state index in [9.17, 15) is 9.59 Å². The van der Waals surface area contributed by atoms with Gasteiger partial charge in [0.25, 0.3) is 0 Å². The lowest BCUT2D eigenvalue weighted by atomic mass is 9.91. The molecule has 104 valence electrons. The number of esters is 1. The smallest absolute Gasteiger partial charge is 0.411 e. The Morgan fingerprint density at radius 3 is 2.28 bits per heavy atom. The minimum Gasteiger partial charge on any atom is -0.467 e. The zero-order chi connectivity index (χ0) is 14.1. The first-order valence-electron chi connectivity index (χ1n) is 6.13. The number of hydrogen-bond donors (Lipinski definition) is 0. The maximum Gasteiger partial charge on any atom is 0.411 e. The van der Waals surface area contributed by atoms with E-state index in [1.54, 1.807) is 20.8 Å². The summed E-state index contributed by atoms with van der Waals surface area (Å²) in [4.78, 5) is 25.3. The van der Waals surface area contributed by atoms with Crippen molar-refractivity contribution in [2.45, 2.75) is 52.7 Å². The molecule has 1 heterocycles. The van der Waals surface area contributed by atoms with Gasteiger partial charge in [0, 0.05) is 6.54 Å². The lowest BCUT2D eigenvalue weighted by Gasteiger charge is -2.27. The van der Waals surface area contributed by atoms with Crippen LogP contribution in [0, 0.1) is 5.41 Å². The van der Waals surface area contributed by atoms with Gasteiger partial charge in [0.1, 0.15) is 11.6 Å².